The van der Waals surface area contributed by atoms with Crippen LogP contribution in [-0.2, 0) is 0 Å². The summed E-state index contributed by atoms with van der Waals surface area (Å²) in [4.78, 5) is 11.7. The highest BCUT2D eigenvalue weighted by atomic mass is 79.9. The van der Waals surface area contributed by atoms with Gasteiger partial charge in [-0.3, -0.25) is 0 Å². The van der Waals surface area contributed by atoms with E-state index in [9.17, 15) is 9.90 Å². The van der Waals surface area contributed by atoms with Gasteiger partial charge in [0.25, 0.3) is 0 Å². The fraction of sp³-hybridized carbons (Fsp3) is 0.417. The molecule has 1 aromatic carbocycles. The molecule has 3 N–H and O–H groups in total. The van der Waals surface area contributed by atoms with Crippen LogP contribution in [0.4, 0.5) is 10.5 Å². The third kappa shape index (κ3) is 5.29. The van der Waals surface area contributed by atoms with Crippen molar-refractivity contribution in [3.8, 4) is 0 Å². The summed E-state index contributed by atoms with van der Waals surface area (Å²) in [5.41, 5.74) is -0.204. The fourth-order valence-electron chi connectivity index (χ4n) is 1.36. The first-order chi connectivity index (χ1) is 8.44. The Morgan fingerprint density at radius 2 is 2.17 bits per heavy atom. The van der Waals surface area contributed by atoms with Crippen LogP contribution in [0.1, 0.15) is 6.92 Å². The van der Waals surface area contributed by atoms with E-state index in [4.69, 9.17) is 0 Å². The van der Waals surface area contributed by atoms with Gasteiger partial charge >= 0.3 is 6.03 Å². The summed E-state index contributed by atoms with van der Waals surface area (Å²) in [7, 11) is 0. The van der Waals surface area contributed by atoms with Crippen LogP contribution in [0, 0.1) is 0 Å². The van der Waals surface area contributed by atoms with Crippen molar-refractivity contribution in [1.29, 1.82) is 0 Å². The van der Waals surface area contributed by atoms with Crippen molar-refractivity contribution in [1.82, 2.24) is 5.32 Å². The molecule has 4 nitrogen and oxygen atoms in total. The topological polar surface area (TPSA) is 61.4 Å². The lowest BCUT2D eigenvalue weighted by molar-refractivity contribution is 0.0876. The molecule has 0 aliphatic carbocycles. The second kappa shape index (κ2) is 7.01. The smallest absolute Gasteiger partial charge is 0.319 e. The van der Waals surface area contributed by atoms with Crippen molar-refractivity contribution in [3.05, 3.63) is 28.7 Å². The number of nitrogens with one attached hydrogen (secondary N) is 2. The van der Waals surface area contributed by atoms with Gasteiger partial charge in [0.2, 0.25) is 0 Å². The standard InChI is InChI=1S/C12H17BrN2O2S/c1-12(17,8-18-2)7-14-11(16)15-10-6-4-3-5-9(10)13/h3-6,17H,7-8H2,1-2H3,(H2,14,15,16). The molecule has 100 valence electrons. The molecular formula is C12H17BrN2O2S. The molecule has 0 aromatic heterocycles. The third-order valence-corrected chi connectivity index (χ3v) is 3.81. The molecule has 0 saturated carbocycles. The number of halogens is 1. The van der Waals surface area contributed by atoms with Gasteiger partial charge in [0.15, 0.2) is 0 Å². The molecule has 1 rings (SSSR count). The minimum atomic E-state index is -0.898. The van der Waals surface area contributed by atoms with Crippen molar-refractivity contribution in [2.45, 2.75) is 12.5 Å². The zero-order valence-electron chi connectivity index (χ0n) is 10.4. The van der Waals surface area contributed by atoms with Gasteiger partial charge in [-0.15, -0.1) is 0 Å². The molecule has 0 fully saturated rings. The number of carbonyl (C=O) groups excluding carboxylic acids is 1. The Morgan fingerprint density at radius 1 is 1.50 bits per heavy atom. The molecule has 0 aliphatic rings. The van der Waals surface area contributed by atoms with Gasteiger partial charge in [-0.2, -0.15) is 11.8 Å². The zero-order valence-corrected chi connectivity index (χ0v) is 12.8. The van der Waals surface area contributed by atoms with Crippen molar-refractivity contribution in [2.24, 2.45) is 0 Å². The number of thioether (sulfide) groups is 1. The van der Waals surface area contributed by atoms with E-state index in [1.807, 2.05) is 24.5 Å². The normalized spacial score (nSPS) is 13.8. The predicted octanol–water partition coefficient (Wildman–Crippen LogP) is 2.68. The molecule has 6 heteroatoms. The number of urea groups is 1. The Kier molecular flexibility index (Phi) is 5.98. The first-order valence-corrected chi connectivity index (χ1v) is 7.64. The molecule has 0 spiro atoms. The quantitative estimate of drug-likeness (QED) is 0.776. The Hall–Kier alpha value is -0.720. The summed E-state index contributed by atoms with van der Waals surface area (Å²) in [5, 5.41) is 15.3. The Balaban J connectivity index is 2.46. The van der Waals surface area contributed by atoms with Crippen LogP contribution in [0.2, 0.25) is 0 Å². The second-order valence-electron chi connectivity index (χ2n) is 4.22. The van der Waals surface area contributed by atoms with Crippen LogP contribution in [0.3, 0.4) is 0 Å². The molecule has 0 radical (unpaired) electrons. The average Bonchev–Trinajstić information content (AvgIpc) is 2.30. The van der Waals surface area contributed by atoms with Gasteiger partial charge in [-0.1, -0.05) is 12.1 Å². The summed E-state index contributed by atoms with van der Waals surface area (Å²) in [6, 6.07) is 7.02. The van der Waals surface area contributed by atoms with Crippen LogP contribution >= 0.6 is 27.7 Å². The number of carbonyl (C=O) groups is 1. The maximum Gasteiger partial charge on any atom is 0.319 e. The van der Waals surface area contributed by atoms with E-state index in [1.165, 1.54) is 11.8 Å². The molecule has 18 heavy (non-hydrogen) atoms. The van der Waals surface area contributed by atoms with Crippen LogP contribution < -0.4 is 10.6 Å². The highest BCUT2D eigenvalue weighted by molar-refractivity contribution is 9.10. The largest absolute Gasteiger partial charge is 0.387 e. The van der Waals surface area contributed by atoms with Gasteiger partial charge in [0, 0.05) is 16.8 Å². The van der Waals surface area contributed by atoms with E-state index in [-0.39, 0.29) is 12.6 Å². The number of amides is 2. The first kappa shape index (κ1) is 15.3. The maximum atomic E-state index is 11.7. The molecule has 1 atom stereocenters. The van der Waals surface area contributed by atoms with Crippen molar-refractivity contribution in [3.63, 3.8) is 0 Å². The highest BCUT2D eigenvalue weighted by Gasteiger charge is 2.20. The second-order valence-corrected chi connectivity index (χ2v) is 5.94. The van der Waals surface area contributed by atoms with Crippen LogP contribution in [0.25, 0.3) is 0 Å². The lowest BCUT2D eigenvalue weighted by atomic mass is 10.1. The maximum absolute atomic E-state index is 11.7. The van der Waals surface area contributed by atoms with Gasteiger partial charge < -0.3 is 15.7 Å². The fourth-order valence-corrected chi connectivity index (χ4v) is 2.47. The molecule has 0 aliphatic heterocycles. The molecule has 1 aromatic rings. The van der Waals surface area contributed by atoms with E-state index in [1.54, 1.807) is 13.0 Å². The monoisotopic (exact) mass is 332 g/mol. The highest BCUT2D eigenvalue weighted by Crippen LogP contribution is 2.20. The lowest BCUT2D eigenvalue weighted by Crippen LogP contribution is -2.43. The molecule has 0 bridgehead atoms. The number of benzene rings is 1. The first-order valence-electron chi connectivity index (χ1n) is 5.45. The number of anilines is 1. The van der Waals surface area contributed by atoms with Gasteiger partial charge in [-0.05, 0) is 41.2 Å². The van der Waals surface area contributed by atoms with Gasteiger partial charge in [-0.25, -0.2) is 4.79 Å². The third-order valence-electron chi connectivity index (χ3n) is 2.21. The molecule has 0 heterocycles. The summed E-state index contributed by atoms with van der Waals surface area (Å²) in [6.45, 7) is 1.91. The molecule has 2 amide bonds. The van der Waals surface area contributed by atoms with Crippen molar-refractivity contribution in [2.75, 3.05) is 23.9 Å². The Labute approximate surface area is 120 Å². The van der Waals surface area contributed by atoms with E-state index >= 15 is 0 Å². The number of aliphatic hydroxyl groups is 1. The lowest BCUT2D eigenvalue weighted by Gasteiger charge is -2.22. The zero-order chi connectivity index (χ0) is 13.6. The number of rotatable bonds is 5. The Bertz CT molecular complexity index is 413. The molecule has 0 saturated heterocycles. The molecular weight excluding hydrogens is 316 g/mol. The van der Waals surface area contributed by atoms with E-state index in [0.717, 1.165) is 4.47 Å². The SMILES string of the molecule is CSCC(C)(O)CNC(=O)Nc1ccccc1Br. The van der Waals surface area contributed by atoms with Crippen molar-refractivity contribution < 1.29 is 9.90 Å². The van der Waals surface area contributed by atoms with Crippen LogP contribution in [0.5, 0.6) is 0 Å². The van der Waals surface area contributed by atoms with Crippen molar-refractivity contribution >= 4 is 39.4 Å². The predicted molar refractivity (Wildman–Crippen MR) is 80.2 cm³/mol. The van der Waals surface area contributed by atoms with E-state index in [2.05, 4.69) is 26.6 Å². The summed E-state index contributed by atoms with van der Waals surface area (Å²) >= 11 is 4.88. The Morgan fingerprint density at radius 3 is 2.78 bits per heavy atom. The van der Waals surface area contributed by atoms with Crippen LogP contribution in [0.15, 0.2) is 28.7 Å². The summed E-state index contributed by atoms with van der Waals surface area (Å²) in [6.07, 6.45) is 1.91. The van der Waals surface area contributed by atoms with E-state index < -0.39 is 5.60 Å². The van der Waals surface area contributed by atoms with E-state index in [0.29, 0.717) is 11.4 Å². The number of para-hydroxylation sites is 1. The number of hydrogen-bond donors (Lipinski definition) is 3. The van der Waals surface area contributed by atoms with Crippen LogP contribution in [-0.4, -0.2) is 35.3 Å². The number of hydrogen-bond acceptors (Lipinski definition) is 3. The summed E-state index contributed by atoms with van der Waals surface area (Å²) in [5.74, 6) is 0.572. The summed E-state index contributed by atoms with van der Waals surface area (Å²) < 4.78 is 0.816. The minimum absolute atomic E-state index is 0.212. The average molecular weight is 333 g/mol. The van der Waals surface area contributed by atoms with Gasteiger partial charge in [0.05, 0.1) is 11.3 Å². The minimum Gasteiger partial charge on any atom is -0.387 e. The molecule has 1 unspecified atom stereocenters. The van der Waals surface area contributed by atoms with Gasteiger partial charge in [0.1, 0.15) is 0 Å².